The molecule has 1 rings (SSSR count). The molecule has 5 heteroatoms. The maximum atomic E-state index is 11.4. The number of hydrogen-bond donors (Lipinski definition) is 1. The second kappa shape index (κ2) is 6.18. The Hall–Kier alpha value is -0.650. The molecule has 0 aliphatic carbocycles. The SMILES string of the molecule is CN1CCN(C)C(CNCC(=O)N(C)C)C1. The molecule has 0 radical (unpaired) electrons. The van der Waals surface area contributed by atoms with E-state index in [0.717, 1.165) is 26.2 Å². The highest BCUT2D eigenvalue weighted by Crippen LogP contribution is 2.04. The van der Waals surface area contributed by atoms with Crippen molar-refractivity contribution < 1.29 is 4.79 Å². The van der Waals surface area contributed by atoms with Gasteiger partial charge in [0.15, 0.2) is 0 Å². The van der Waals surface area contributed by atoms with E-state index in [0.29, 0.717) is 12.6 Å². The molecule has 0 bridgehead atoms. The molecule has 1 saturated heterocycles. The van der Waals surface area contributed by atoms with Crippen LogP contribution < -0.4 is 5.32 Å². The molecule has 1 unspecified atom stereocenters. The van der Waals surface area contributed by atoms with E-state index in [1.54, 1.807) is 19.0 Å². The van der Waals surface area contributed by atoms with Crippen LogP contribution in [0.5, 0.6) is 0 Å². The Morgan fingerprint density at radius 1 is 1.38 bits per heavy atom. The molecule has 94 valence electrons. The van der Waals surface area contributed by atoms with Crippen molar-refractivity contribution in [2.75, 3.05) is 60.9 Å². The van der Waals surface area contributed by atoms with Crippen molar-refractivity contribution >= 4 is 5.91 Å². The fraction of sp³-hybridized carbons (Fsp3) is 0.909. The summed E-state index contributed by atoms with van der Waals surface area (Å²) in [5.74, 6) is 0.131. The molecule has 1 fully saturated rings. The largest absolute Gasteiger partial charge is 0.348 e. The highest BCUT2D eigenvalue weighted by Gasteiger charge is 2.21. The second-order valence-electron chi connectivity index (χ2n) is 4.82. The van der Waals surface area contributed by atoms with E-state index in [2.05, 4.69) is 29.2 Å². The third kappa shape index (κ3) is 4.08. The summed E-state index contributed by atoms with van der Waals surface area (Å²) in [7, 11) is 7.85. The summed E-state index contributed by atoms with van der Waals surface area (Å²) in [6.45, 7) is 4.61. The van der Waals surface area contributed by atoms with E-state index in [-0.39, 0.29) is 5.91 Å². The van der Waals surface area contributed by atoms with Gasteiger partial charge in [-0.1, -0.05) is 0 Å². The minimum atomic E-state index is 0.131. The molecule has 1 aliphatic rings. The first-order valence-electron chi connectivity index (χ1n) is 5.80. The summed E-state index contributed by atoms with van der Waals surface area (Å²) in [5, 5.41) is 3.23. The lowest BCUT2D eigenvalue weighted by Gasteiger charge is -2.37. The fourth-order valence-corrected chi connectivity index (χ4v) is 1.83. The second-order valence-corrected chi connectivity index (χ2v) is 4.82. The van der Waals surface area contributed by atoms with Gasteiger partial charge in [0.05, 0.1) is 6.54 Å². The normalized spacial score (nSPS) is 23.4. The van der Waals surface area contributed by atoms with Crippen LogP contribution in [0.4, 0.5) is 0 Å². The molecule has 1 heterocycles. The number of rotatable bonds is 4. The zero-order valence-electron chi connectivity index (χ0n) is 10.9. The maximum absolute atomic E-state index is 11.4. The van der Waals surface area contributed by atoms with Gasteiger partial charge in [-0.3, -0.25) is 9.69 Å². The number of piperazine rings is 1. The summed E-state index contributed by atoms with van der Waals surface area (Å²) >= 11 is 0. The molecule has 5 nitrogen and oxygen atoms in total. The molecule has 0 spiro atoms. The molecule has 1 aliphatic heterocycles. The van der Waals surface area contributed by atoms with Crippen molar-refractivity contribution in [1.82, 2.24) is 20.0 Å². The lowest BCUT2D eigenvalue weighted by atomic mass is 10.2. The minimum absolute atomic E-state index is 0.131. The summed E-state index contributed by atoms with van der Waals surface area (Å²) in [4.78, 5) is 17.7. The molecule has 0 saturated carbocycles. The van der Waals surface area contributed by atoms with Crippen LogP contribution in [0.3, 0.4) is 0 Å². The van der Waals surface area contributed by atoms with Crippen molar-refractivity contribution in [1.29, 1.82) is 0 Å². The number of carbonyl (C=O) groups is 1. The number of nitrogens with one attached hydrogen (secondary N) is 1. The topological polar surface area (TPSA) is 38.8 Å². The third-order valence-electron chi connectivity index (χ3n) is 3.14. The van der Waals surface area contributed by atoms with E-state index in [1.807, 2.05) is 0 Å². The van der Waals surface area contributed by atoms with Crippen molar-refractivity contribution in [3.8, 4) is 0 Å². The zero-order valence-corrected chi connectivity index (χ0v) is 10.9. The molecule has 1 atom stereocenters. The predicted octanol–water partition coefficient (Wildman–Crippen LogP) is -1.09. The third-order valence-corrected chi connectivity index (χ3v) is 3.14. The fourth-order valence-electron chi connectivity index (χ4n) is 1.83. The first kappa shape index (κ1) is 13.4. The van der Waals surface area contributed by atoms with Gasteiger partial charge in [-0.25, -0.2) is 0 Å². The first-order valence-corrected chi connectivity index (χ1v) is 5.80. The van der Waals surface area contributed by atoms with Gasteiger partial charge >= 0.3 is 0 Å². The van der Waals surface area contributed by atoms with Gasteiger partial charge in [-0.15, -0.1) is 0 Å². The van der Waals surface area contributed by atoms with Crippen LogP contribution in [0.1, 0.15) is 0 Å². The minimum Gasteiger partial charge on any atom is -0.348 e. The maximum Gasteiger partial charge on any atom is 0.236 e. The van der Waals surface area contributed by atoms with Gasteiger partial charge in [0.25, 0.3) is 0 Å². The number of amides is 1. The summed E-state index contributed by atoms with van der Waals surface area (Å²) in [5.41, 5.74) is 0. The number of hydrogen-bond acceptors (Lipinski definition) is 4. The van der Waals surface area contributed by atoms with Crippen molar-refractivity contribution in [3.05, 3.63) is 0 Å². The highest BCUT2D eigenvalue weighted by molar-refractivity contribution is 5.77. The van der Waals surface area contributed by atoms with Crippen LogP contribution in [0.15, 0.2) is 0 Å². The van der Waals surface area contributed by atoms with Gasteiger partial charge in [0, 0.05) is 46.3 Å². The lowest BCUT2D eigenvalue weighted by Crippen LogP contribution is -2.54. The Morgan fingerprint density at radius 3 is 2.69 bits per heavy atom. The Labute approximate surface area is 98.4 Å². The highest BCUT2D eigenvalue weighted by atomic mass is 16.2. The molecule has 0 aromatic carbocycles. The summed E-state index contributed by atoms with van der Waals surface area (Å²) in [6, 6.07) is 0.508. The summed E-state index contributed by atoms with van der Waals surface area (Å²) < 4.78 is 0. The average Bonchev–Trinajstić information content (AvgIpc) is 2.22. The van der Waals surface area contributed by atoms with E-state index < -0.39 is 0 Å². The number of likely N-dealkylation sites (N-methyl/N-ethyl adjacent to an activating group) is 3. The van der Waals surface area contributed by atoms with Crippen LogP contribution >= 0.6 is 0 Å². The standard InChI is InChI=1S/C11H24N4O/c1-13(2)11(16)8-12-7-10-9-14(3)5-6-15(10)4/h10,12H,5-9H2,1-4H3. The number of carbonyl (C=O) groups excluding carboxylic acids is 1. The zero-order chi connectivity index (χ0) is 12.1. The van der Waals surface area contributed by atoms with Crippen LogP contribution in [0.25, 0.3) is 0 Å². The lowest BCUT2D eigenvalue weighted by molar-refractivity contribution is -0.127. The Balaban J connectivity index is 2.23. The predicted molar refractivity (Wildman–Crippen MR) is 65.5 cm³/mol. The molecule has 1 N–H and O–H groups in total. The van der Waals surface area contributed by atoms with E-state index >= 15 is 0 Å². The van der Waals surface area contributed by atoms with Crippen LogP contribution in [0.2, 0.25) is 0 Å². The van der Waals surface area contributed by atoms with E-state index in [4.69, 9.17) is 0 Å². The van der Waals surface area contributed by atoms with Gasteiger partial charge in [0.2, 0.25) is 5.91 Å². The van der Waals surface area contributed by atoms with Crippen LogP contribution in [-0.2, 0) is 4.79 Å². The Morgan fingerprint density at radius 2 is 2.06 bits per heavy atom. The van der Waals surface area contributed by atoms with Gasteiger partial charge < -0.3 is 15.1 Å². The monoisotopic (exact) mass is 228 g/mol. The van der Waals surface area contributed by atoms with Crippen molar-refractivity contribution in [2.45, 2.75) is 6.04 Å². The van der Waals surface area contributed by atoms with Crippen molar-refractivity contribution in [3.63, 3.8) is 0 Å². The van der Waals surface area contributed by atoms with E-state index in [1.165, 1.54) is 0 Å². The molecular formula is C11H24N4O. The Kier molecular flexibility index (Phi) is 5.18. The Bertz CT molecular complexity index is 232. The van der Waals surface area contributed by atoms with Crippen molar-refractivity contribution in [2.24, 2.45) is 0 Å². The van der Waals surface area contributed by atoms with Crippen LogP contribution in [-0.4, -0.2) is 87.6 Å². The smallest absolute Gasteiger partial charge is 0.236 e. The van der Waals surface area contributed by atoms with Crippen LogP contribution in [0, 0.1) is 0 Å². The van der Waals surface area contributed by atoms with Gasteiger partial charge in [-0.2, -0.15) is 0 Å². The summed E-state index contributed by atoms with van der Waals surface area (Å²) in [6.07, 6.45) is 0. The first-order chi connectivity index (χ1) is 7.50. The molecular weight excluding hydrogens is 204 g/mol. The quantitative estimate of drug-likeness (QED) is 0.664. The van der Waals surface area contributed by atoms with Gasteiger partial charge in [-0.05, 0) is 14.1 Å². The number of nitrogens with zero attached hydrogens (tertiary/aromatic N) is 3. The molecule has 0 aromatic heterocycles. The van der Waals surface area contributed by atoms with Gasteiger partial charge in [0.1, 0.15) is 0 Å². The molecule has 16 heavy (non-hydrogen) atoms. The average molecular weight is 228 g/mol. The van der Waals surface area contributed by atoms with E-state index in [9.17, 15) is 4.79 Å². The molecule has 0 aromatic rings. The molecule has 1 amide bonds.